The van der Waals surface area contributed by atoms with Crippen molar-refractivity contribution in [1.82, 2.24) is 0 Å². The molecular formula is C16H26N2O. The zero-order valence-electron chi connectivity index (χ0n) is 12.4. The summed E-state index contributed by atoms with van der Waals surface area (Å²) in [4.78, 5) is 2.45. The molecule has 3 nitrogen and oxygen atoms in total. The van der Waals surface area contributed by atoms with Crippen LogP contribution in [-0.2, 0) is 11.2 Å². The Kier molecular flexibility index (Phi) is 4.83. The van der Waals surface area contributed by atoms with Gasteiger partial charge >= 0.3 is 0 Å². The molecule has 1 saturated heterocycles. The lowest BCUT2D eigenvalue weighted by Gasteiger charge is -2.35. The zero-order valence-corrected chi connectivity index (χ0v) is 12.4. The molecule has 0 aliphatic carbocycles. The molecule has 106 valence electrons. The van der Waals surface area contributed by atoms with Crippen molar-refractivity contribution in [2.75, 3.05) is 24.6 Å². The second-order valence-electron chi connectivity index (χ2n) is 5.65. The van der Waals surface area contributed by atoms with Gasteiger partial charge in [-0.05, 0) is 43.9 Å². The maximum absolute atomic E-state index is 5.86. The van der Waals surface area contributed by atoms with Crippen LogP contribution in [0.5, 0.6) is 0 Å². The van der Waals surface area contributed by atoms with Crippen molar-refractivity contribution < 1.29 is 4.74 Å². The van der Waals surface area contributed by atoms with Gasteiger partial charge in [-0.25, -0.2) is 0 Å². The van der Waals surface area contributed by atoms with Crippen molar-refractivity contribution in [3.05, 3.63) is 29.3 Å². The molecule has 1 fully saturated rings. The monoisotopic (exact) mass is 262 g/mol. The predicted molar refractivity (Wildman–Crippen MR) is 80.8 cm³/mol. The Balaban J connectivity index is 2.11. The van der Waals surface area contributed by atoms with E-state index in [9.17, 15) is 0 Å². The quantitative estimate of drug-likeness (QED) is 0.906. The number of ether oxygens (including phenoxy) is 1. The Labute approximate surface area is 116 Å². The largest absolute Gasteiger partial charge is 0.375 e. The second kappa shape index (κ2) is 6.40. The molecule has 1 aromatic carbocycles. The van der Waals surface area contributed by atoms with E-state index in [0.717, 1.165) is 32.5 Å². The highest BCUT2D eigenvalue weighted by Crippen LogP contribution is 2.24. The number of benzene rings is 1. The normalized spacial score (nSPS) is 21.5. The van der Waals surface area contributed by atoms with Crippen molar-refractivity contribution >= 4 is 5.69 Å². The zero-order chi connectivity index (χ0) is 13.8. The SMILES string of the molecule is CCC1CN(c2ccc(CC(C)N)cc2C)CCO1. The van der Waals surface area contributed by atoms with E-state index >= 15 is 0 Å². The van der Waals surface area contributed by atoms with Crippen LogP contribution in [0.15, 0.2) is 18.2 Å². The molecule has 0 aromatic heterocycles. The molecule has 1 heterocycles. The maximum Gasteiger partial charge on any atom is 0.0748 e. The second-order valence-corrected chi connectivity index (χ2v) is 5.65. The molecule has 0 saturated carbocycles. The summed E-state index contributed by atoms with van der Waals surface area (Å²) in [6.07, 6.45) is 2.40. The van der Waals surface area contributed by atoms with Crippen LogP contribution < -0.4 is 10.6 Å². The van der Waals surface area contributed by atoms with Crippen LogP contribution in [0.25, 0.3) is 0 Å². The van der Waals surface area contributed by atoms with Gasteiger partial charge < -0.3 is 15.4 Å². The van der Waals surface area contributed by atoms with E-state index in [1.807, 2.05) is 0 Å². The molecule has 2 atom stereocenters. The summed E-state index contributed by atoms with van der Waals surface area (Å²) in [7, 11) is 0. The van der Waals surface area contributed by atoms with Gasteiger partial charge in [0.25, 0.3) is 0 Å². The van der Waals surface area contributed by atoms with Gasteiger partial charge in [-0.2, -0.15) is 0 Å². The highest BCUT2D eigenvalue weighted by molar-refractivity contribution is 5.55. The number of aryl methyl sites for hydroxylation is 1. The molecule has 0 radical (unpaired) electrons. The third-order valence-electron chi connectivity index (χ3n) is 3.75. The molecule has 1 aliphatic heterocycles. The Morgan fingerprint density at radius 3 is 2.89 bits per heavy atom. The topological polar surface area (TPSA) is 38.5 Å². The van der Waals surface area contributed by atoms with E-state index in [2.05, 4.69) is 43.9 Å². The van der Waals surface area contributed by atoms with Crippen molar-refractivity contribution in [1.29, 1.82) is 0 Å². The summed E-state index contributed by atoms with van der Waals surface area (Å²) in [5.41, 5.74) is 9.88. The fourth-order valence-electron chi connectivity index (χ4n) is 2.76. The number of hydrogen-bond acceptors (Lipinski definition) is 3. The lowest BCUT2D eigenvalue weighted by molar-refractivity contribution is 0.0384. The number of hydrogen-bond donors (Lipinski definition) is 1. The van der Waals surface area contributed by atoms with Gasteiger partial charge in [-0.3, -0.25) is 0 Å². The van der Waals surface area contributed by atoms with Gasteiger partial charge in [0.1, 0.15) is 0 Å². The molecule has 2 rings (SSSR count). The predicted octanol–water partition coefficient (Wildman–Crippen LogP) is 2.50. The minimum Gasteiger partial charge on any atom is -0.375 e. The summed E-state index contributed by atoms with van der Waals surface area (Å²) in [6.45, 7) is 9.26. The van der Waals surface area contributed by atoms with Crippen molar-refractivity contribution in [3.63, 3.8) is 0 Å². The molecule has 2 N–H and O–H groups in total. The molecule has 19 heavy (non-hydrogen) atoms. The minimum atomic E-state index is 0.220. The fraction of sp³-hybridized carbons (Fsp3) is 0.625. The van der Waals surface area contributed by atoms with Gasteiger partial charge in [-0.15, -0.1) is 0 Å². The molecule has 1 aliphatic rings. The molecule has 0 spiro atoms. The highest BCUT2D eigenvalue weighted by atomic mass is 16.5. The molecule has 0 bridgehead atoms. The summed E-state index contributed by atoms with van der Waals surface area (Å²) in [6, 6.07) is 6.94. The van der Waals surface area contributed by atoms with Crippen molar-refractivity contribution in [2.24, 2.45) is 5.73 Å². The average molecular weight is 262 g/mol. The number of rotatable bonds is 4. The first-order valence-corrected chi connectivity index (χ1v) is 7.31. The summed E-state index contributed by atoms with van der Waals surface area (Å²) < 4.78 is 5.74. The van der Waals surface area contributed by atoms with E-state index in [1.54, 1.807) is 0 Å². The van der Waals surface area contributed by atoms with Crippen LogP contribution in [0.4, 0.5) is 5.69 Å². The van der Waals surface area contributed by atoms with Gasteiger partial charge in [0.2, 0.25) is 0 Å². The van der Waals surface area contributed by atoms with Crippen molar-refractivity contribution in [2.45, 2.75) is 45.8 Å². The van der Waals surface area contributed by atoms with Gasteiger partial charge in [0.05, 0.1) is 12.7 Å². The third kappa shape index (κ3) is 3.71. The first kappa shape index (κ1) is 14.4. The first-order valence-electron chi connectivity index (χ1n) is 7.31. The Bertz CT molecular complexity index is 417. The first-order chi connectivity index (χ1) is 9.10. The number of morpholine rings is 1. The minimum absolute atomic E-state index is 0.220. The van der Waals surface area contributed by atoms with Gasteiger partial charge in [0, 0.05) is 24.8 Å². The number of nitrogens with zero attached hydrogens (tertiary/aromatic N) is 1. The van der Waals surface area contributed by atoms with Crippen molar-refractivity contribution in [3.8, 4) is 0 Å². The Morgan fingerprint density at radius 1 is 1.47 bits per heavy atom. The highest BCUT2D eigenvalue weighted by Gasteiger charge is 2.20. The Hall–Kier alpha value is -1.06. The van der Waals surface area contributed by atoms with Crippen LogP contribution in [0.3, 0.4) is 0 Å². The van der Waals surface area contributed by atoms with Crippen LogP contribution in [0.2, 0.25) is 0 Å². The van der Waals surface area contributed by atoms with Gasteiger partial charge in [-0.1, -0.05) is 19.1 Å². The molecular weight excluding hydrogens is 236 g/mol. The lowest BCUT2D eigenvalue weighted by atomic mass is 10.0. The van der Waals surface area contributed by atoms with Crippen LogP contribution in [-0.4, -0.2) is 31.8 Å². The summed E-state index contributed by atoms with van der Waals surface area (Å²) in [5, 5.41) is 0. The Morgan fingerprint density at radius 2 is 2.26 bits per heavy atom. The summed E-state index contributed by atoms with van der Waals surface area (Å²) >= 11 is 0. The number of anilines is 1. The van der Waals surface area contributed by atoms with Crippen LogP contribution >= 0.6 is 0 Å². The number of nitrogens with two attached hydrogens (primary N) is 1. The van der Waals surface area contributed by atoms with E-state index in [4.69, 9.17) is 10.5 Å². The average Bonchev–Trinajstić information content (AvgIpc) is 2.38. The van der Waals surface area contributed by atoms with Gasteiger partial charge in [0.15, 0.2) is 0 Å². The van der Waals surface area contributed by atoms with Crippen LogP contribution in [0, 0.1) is 6.92 Å². The van der Waals surface area contributed by atoms with Crippen LogP contribution in [0.1, 0.15) is 31.4 Å². The van der Waals surface area contributed by atoms with E-state index in [-0.39, 0.29) is 6.04 Å². The molecule has 2 unspecified atom stereocenters. The van der Waals surface area contributed by atoms with E-state index < -0.39 is 0 Å². The fourth-order valence-corrected chi connectivity index (χ4v) is 2.76. The molecule has 0 amide bonds. The smallest absolute Gasteiger partial charge is 0.0748 e. The van der Waals surface area contributed by atoms with E-state index in [1.165, 1.54) is 16.8 Å². The maximum atomic E-state index is 5.86. The molecule has 3 heteroatoms. The molecule has 1 aromatic rings. The lowest BCUT2D eigenvalue weighted by Crippen LogP contribution is -2.42. The van der Waals surface area contributed by atoms with E-state index in [0.29, 0.717) is 6.10 Å². The standard InChI is InChI=1S/C16H26N2O/c1-4-15-11-18(7-8-19-15)16-6-5-14(9-12(16)2)10-13(3)17/h5-6,9,13,15H,4,7-8,10-11,17H2,1-3H3. The summed E-state index contributed by atoms with van der Waals surface area (Å²) in [5.74, 6) is 0. The third-order valence-corrected chi connectivity index (χ3v) is 3.75.